The zero-order chi connectivity index (χ0) is 20.6. The number of aromatic nitrogens is 2. The Balaban J connectivity index is 1.56. The van der Waals surface area contributed by atoms with Gasteiger partial charge in [-0.15, -0.1) is 0 Å². The number of hydrogen-bond acceptors (Lipinski definition) is 4. The predicted molar refractivity (Wildman–Crippen MR) is 120 cm³/mol. The van der Waals surface area contributed by atoms with E-state index in [4.69, 9.17) is 14.6 Å². The van der Waals surface area contributed by atoms with Gasteiger partial charge in [0, 0.05) is 37.8 Å². The molecule has 5 nitrogen and oxygen atoms in total. The van der Waals surface area contributed by atoms with Gasteiger partial charge in [-0.25, -0.2) is 4.68 Å². The summed E-state index contributed by atoms with van der Waals surface area (Å²) in [4.78, 5) is 4.67. The van der Waals surface area contributed by atoms with Crippen LogP contribution in [0, 0.1) is 5.41 Å². The standard InChI is InChI=1S/C23H31N3O2Si/c1-23-13-17(23)12-18-20(15-24-19-8-6-7-9-22(19)27-2)25-26(21(18)14-23)16-28-10-11-29(3,4)5/h6-9,13,15H,10-12,14,16H2,1-5H3/b24-15+/t23-/m1/s1. The Bertz CT molecular complexity index is 971. The average Bonchev–Trinajstić information content (AvgIpc) is 3.24. The van der Waals surface area contributed by atoms with E-state index >= 15 is 0 Å². The van der Waals surface area contributed by atoms with E-state index < -0.39 is 8.07 Å². The minimum Gasteiger partial charge on any atom is -0.494 e. The van der Waals surface area contributed by atoms with Crippen LogP contribution in [0.15, 0.2) is 40.9 Å². The summed E-state index contributed by atoms with van der Waals surface area (Å²) in [6.45, 7) is 10.8. The number of para-hydroxylation sites is 2. The van der Waals surface area contributed by atoms with E-state index in [9.17, 15) is 0 Å². The Morgan fingerprint density at radius 1 is 1.28 bits per heavy atom. The monoisotopic (exact) mass is 409 g/mol. The van der Waals surface area contributed by atoms with Crippen molar-refractivity contribution in [1.82, 2.24) is 9.78 Å². The first-order valence-electron chi connectivity index (χ1n) is 10.3. The van der Waals surface area contributed by atoms with Crippen molar-refractivity contribution < 1.29 is 9.47 Å². The van der Waals surface area contributed by atoms with Crippen molar-refractivity contribution >= 4 is 20.0 Å². The van der Waals surface area contributed by atoms with Crippen LogP contribution in [0.1, 0.15) is 23.9 Å². The van der Waals surface area contributed by atoms with Crippen LogP contribution in [-0.2, 0) is 24.3 Å². The van der Waals surface area contributed by atoms with Gasteiger partial charge >= 0.3 is 0 Å². The van der Waals surface area contributed by atoms with Gasteiger partial charge in [0.2, 0.25) is 0 Å². The molecular weight excluding hydrogens is 378 g/mol. The molecule has 1 aromatic heterocycles. The largest absolute Gasteiger partial charge is 0.494 e. The van der Waals surface area contributed by atoms with Gasteiger partial charge in [0.15, 0.2) is 0 Å². The lowest BCUT2D eigenvalue weighted by Gasteiger charge is -2.21. The summed E-state index contributed by atoms with van der Waals surface area (Å²) < 4.78 is 13.5. The number of nitrogens with zero attached hydrogens (tertiary/aromatic N) is 3. The van der Waals surface area contributed by atoms with Crippen LogP contribution in [0.4, 0.5) is 5.69 Å². The molecule has 0 unspecified atom stereocenters. The summed E-state index contributed by atoms with van der Waals surface area (Å²) in [6.07, 6.45) is 6.24. The molecule has 0 N–H and O–H groups in total. The second-order valence-electron chi connectivity index (χ2n) is 9.53. The summed E-state index contributed by atoms with van der Waals surface area (Å²) in [5.41, 5.74) is 6.11. The molecule has 154 valence electrons. The van der Waals surface area contributed by atoms with E-state index in [0.717, 1.165) is 36.6 Å². The smallest absolute Gasteiger partial charge is 0.144 e. The molecule has 0 amide bonds. The number of aliphatic imine (C=N–C) groups is 1. The summed E-state index contributed by atoms with van der Waals surface area (Å²) in [6, 6.07) is 8.97. The van der Waals surface area contributed by atoms with Crippen LogP contribution >= 0.6 is 0 Å². The third-order valence-electron chi connectivity index (χ3n) is 5.86. The van der Waals surface area contributed by atoms with Gasteiger partial charge in [-0.3, -0.25) is 4.99 Å². The lowest BCUT2D eigenvalue weighted by atomic mass is 9.86. The second-order valence-corrected chi connectivity index (χ2v) is 15.1. The minimum atomic E-state index is -1.09. The van der Waals surface area contributed by atoms with Gasteiger partial charge in [-0.05, 0) is 24.6 Å². The molecule has 2 aromatic rings. The number of fused-ring (bicyclic) bond motifs is 2. The van der Waals surface area contributed by atoms with Gasteiger partial charge in [0.25, 0.3) is 0 Å². The van der Waals surface area contributed by atoms with Crippen molar-refractivity contribution in [3.63, 3.8) is 0 Å². The van der Waals surface area contributed by atoms with E-state index in [-0.39, 0.29) is 5.41 Å². The van der Waals surface area contributed by atoms with Crippen molar-refractivity contribution in [3.05, 3.63) is 52.9 Å². The highest BCUT2D eigenvalue weighted by Gasteiger charge is 2.45. The van der Waals surface area contributed by atoms with E-state index in [1.54, 1.807) is 7.11 Å². The highest BCUT2D eigenvalue weighted by Crippen LogP contribution is 2.52. The summed E-state index contributed by atoms with van der Waals surface area (Å²) in [5, 5.41) is 4.87. The molecule has 1 aromatic carbocycles. The fraction of sp³-hybridized carbons (Fsp3) is 0.478. The third kappa shape index (κ3) is 4.38. The Morgan fingerprint density at radius 2 is 2.07 bits per heavy atom. The Labute approximate surface area is 174 Å². The number of benzene rings is 1. The number of methoxy groups -OCH3 is 1. The van der Waals surface area contributed by atoms with Crippen LogP contribution in [0.2, 0.25) is 25.7 Å². The molecule has 29 heavy (non-hydrogen) atoms. The van der Waals surface area contributed by atoms with Crippen LogP contribution in [0.5, 0.6) is 5.75 Å². The quantitative estimate of drug-likeness (QED) is 0.267. The molecule has 0 fully saturated rings. The maximum Gasteiger partial charge on any atom is 0.144 e. The first kappa shape index (κ1) is 20.1. The van der Waals surface area contributed by atoms with E-state index in [1.807, 2.05) is 30.5 Å². The first-order valence-corrected chi connectivity index (χ1v) is 14.1. The topological polar surface area (TPSA) is 48.6 Å². The van der Waals surface area contributed by atoms with Crippen molar-refractivity contribution in [1.29, 1.82) is 0 Å². The van der Waals surface area contributed by atoms with Gasteiger partial charge in [0.05, 0.1) is 13.3 Å². The first-order chi connectivity index (χ1) is 13.8. The molecule has 1 heterocycles. The zero-order valence-electron chi connectivity index (χ0n) is 18.2. The van der Waals surface area contributed by atoms with Gasteiger partial charge in [0.1, 0.15) is 23.9 Å². The summed E-state index contributed by atoms with van der Waals surface area (Å²) >= 11 is 0. The van der Waals surface area contributed by atoms with Crippen LogP contribution < -0.4 is 4.74 Å². The summed E-state index contributed by atoms with van der Waals surface area (Å²) in [7, 11) is 0.579. The molecule has 4 rings (SSSR count). The maximum atomic E-state index is 6.01. The highest BCUT2D eigenvalue weighted by molar-refractivity contribution is 6.76. The fourth-order valence-corrected chi connectivity index (χ4v) is 4.61. The molecule has 6 heteroatoms. The summed E-state index contributed by atoms with van der Waals surface area (Å²) in [5.74, 6) is 0.768. The van der Waals surface area contributed by atoms with Gasteiger partial charge in [-0.1, -0.05) is 50.3 Å². The highest BCUT2D eigenvalue weighted by atomic mass is 28.3. The molecule has 0 bridgehead atoms. The van der Waals surface area contributed by atoms with Crippen molar-refractivity contribution in [3.8, 4) is 5.75 Å². The van der Waals surface area contributed by atoms with Crippen molar-refractivity contribution in [2.24, 2.45) is 10.4 Å². The molecule has 2 aliphatic carbocycles. The SMILES string of the molecule is COc1ccccc1/N=C/c1nn(COCC[Si](C)(C)C)c2c1CC1=C[C@]1(C)C2. The molecule has 0 spiro atoms. The average molecular weight is 410 g/mol. The number of ether oxygens (including phenoxy) is 2. The Hall–Kier alpha value is -2.18. The van der Waals surface area contributed by atoms with Gasteiger partial charge in [-0.2, -0.15) is 5.10 Å². The third-order valence-corrected chi connectivity index (χ3v) is 7.57. The van der Waals surface area contributed by atoms with Crippen LogP contribution in [0.25, 0.3) is 0 Å². The number of rotatable bonds is 8. The van der Waals surface area contributed by atoms with Gasteiger partial charge < -0.3 is 9.47 Å². The predicted octanol–water partition coefficient (Wildman–Crippen LogP) is 5.00. The number of allylic oxidation sites excluding steroid dienone is 2. The Morgan fingerprint density at radius 3 is 2.83 bits per heavy atom. The van der Waals surface area contributed by atoms with E-state index in [0.29, 0.717) is 6.73 Å². The normalized spacial score (nSPS) is 20.4. The van der Waals surface area contributed by atoms with Crippen molar-refractivity contribution in [2.45, 2.75) is 52.2 Å². The molecule has 0 saturated heterocycles. The van der Waals surface area contributed by atoms with Crippen LogP contribution in [-0.4, -0.2) is 37.8 Å². The molecule has 0 saturated carbocycles. The van der Waals surface area contributed by atoms with Crippen molar-refractivity contribution in [2.75, 3.05) is 13.7 Å². The lowest BCUT2D eigenvalue weighted by molar-refractivity contribution is 0.0758. The molecular formula is C23H31N3O2Si. The zero-order valence-corrected chi connectivity index (χ0v) is 19.2. The second kappa shape index (κ2) is 7.57. The molecule has 1 atom stereocenters. The van der Waals surface area contributed by atoms with Crippen LogP contribution in [0.3, 0.4) is 0 Å². The number of hydrogen-bond donors (Lipinski definition) is 0. The minimum absolute atomic E-state index is 0.250. The van der Waals surface area contributed by atoms with E-state index in [2.05, 4.69) is 42.3 Å². The maximum absolute atomic E-state index is 6.01. The lowest BCUT2D eigenvalue weighted by Crippen LogP contribution is -2.23. The molecule has 0 aliphatic heterocycles. The fourth-order valence-electron chi connectivity index (χ4n) is 3.86. The molecule has 2 aliphatic rings. The Kier molecular flexibility index (Phi) is 5.25. The van der Waals surface area contributed by atoms with E-state index in [1.165, 1.54) is 22.9 Å². The molecule has 0 radical (unpaired) electrons.